The highest BCUT2D eigenvalue weighted by Crippen LogP contribution is 2.45. The van der Waals surface area contributed by atoms with Gasteiger partial charge in [0.1, 0.15) is 19.3 Å². The third kappa shape index (κ3) is 69.0. The Morgan fingerprint density at radius 3 is 0.747 bits per heavy atom. The molecule has 0 fully saturated rings. The van der Waals surface area contributed by atoms with Crippen LogP contribution in [0.25, 0.3) is 0 Å². The molecule has 0 aliphatic carbocycles. The Bertz CT molecular complexity index is 1870. The summed E-state index contributed by atoms with van der Waals surface area (Å²) in [6.07, 6.45) is 50.3. The van der Waals surface area contributed by atoms with Crippen molar-refractivity contribution < 1.29 is 80.2 Å². The topological polar surface area (TPSA) is 237 Å². The molecule has 0 saturated carbocycles. The average Bonchev–Trinajstić information content (AvgIpc) is 1.24. The van der Waals surface area contributed by atoms with Gasteiger partial charge in [0.05, 0.1) is 26.4 Å². The van der Waals surface area contributed by atoms with Crippen molar-refractivity contribution in [2.75, 3.05) is 39.6 Å². The van der Waals surface area contributed by atoms with E-state index in [-0.39, 0.29) is 25.7 Å². The summed E-state index contributed by atoms with van der Waals surface area (Å²) in [6, 6.07) is 0. The third-order valence-corrected chi connectivity index (χ3v) is 19.8. The minimum Gasteiger partial charge on any atom is -0.462 e. The van der Waals surface area contributed by atoms with Crippen LogP contribution in [-0.2, 0) is 65.4 Å². The largest absolute Gasteiger partial charge is 0.472 e. The molecule has 0 radical (unpaired) electrons. The van der Waals surface area contributed by atoms with Gasteiger partial charge in [-0.15, -0.1) is 0 Å². The average molecular weight is 1400 g/mol. The first-order valence-electron chi connectivity index (χ1n) is 39.2. The van der Waals surface area contributed by atoms with E-state index in [4.69, 9.17) is 37.0 Å². The second-order valence-corrected chi connectivity index (χ2v) is 32.0. The Morgan fingerprint density at radius 1 is 0.295 bits per heavy atom. The number of hydrogen-bond donors (Lipinski definition) is 3. The normalized spacial score (nSPS) is 14.4. The molecule has 0 aromatic carbocycles. The summed E-state index contributed by atoms with van der Waals surface area (Å²) in [6.45, 7) is 14.1. The molecule has 3 unspecified atom stereocenters. The summed E-state index contributed by atoms with van der Waals surface area (Å²) in [5.41, 5.74) is 0. The van der Waals surface area contributed by atoms with Gasteiger partial charge in [0, 0.05) is 25.7 Å². The van der Waals surface area contributed by atoms with Gasteiger partial charge in [-0.3, -0.25) is 37.3 Å². The molecular weight excluding hydrogens is 1250 g/mol. The highest BCUT2D eigenvalue weighted by Gasteiger charge is 2.30. The summed E-state index contributed by atoms with van der Waals surface area (Å²) < 4.78 is 68.4. The molecule has 17 nitrogen and oxygen atoms in total. The van der Waals surface area contributed by atoms with E-state index >= 15 is 0 Å². The molecule has 0 aromatic rings. The van der Waals surface area contributed by atoms with Crippen LogP contribution in [0, 0.1) is 23.7 Å². The summed E-state index contributed by atoms with van der Waals surface area (Å²) in [5.74, 6) is 0.904. The molecule has 6 atom stereocenters. The fourth-order valence-electron chi connectivity index (χ4n) is 11.5. The van der Waals surface area contributed by atoms with Crippen LogP contribution in [0.2, 0.25) is 0 Å². The molecule has 0 spiro atoms. The fraction of sp³-hybridized carbons (Fsp3) is 0.947. The second-order valence-electron chi connectivity index (χ2n) is 29.1. The zero-order chi connectivity index (χ0) is 70.3. The molecule has 0 saturated heterocycles. The van der Waals surface area contributed by atoms with Crippen molar-refractivity contribution in [3.8, 4) is 0 Å². The van der Waals surface area contributed by atoms with Crippen molar-refractivity contribution in [1.82, 2.24) is 0 Å². The molecule has 0 aliphatic rings. The van der Waals surface area contributed by atoms with Crippen LogP contribution >= 0.6 is 15.6 Å². The maximum absolute atomic E-state index is 13.1. The van der Waals surface area contributed by atoms with Crippen LogP contribution in [0.3, 0.4) is 0 Å². The minimum absolute atomic E-state index is 0.105. The van der Waals surface area contributed by atoms with Gasteiger partial charge in [-0.25, -0.2) is 9.13 Å². The first-order chi connectivity index (χ1) is 45.6. The summed E-state index contributed by atoms with van der Waals surface area (Å²) >= 11 is 0. The van der Waals surface area contributed by atoms with Gasteiger partial charge in [0.15, 0.2) is 12.2 Å². The molecule has 19 heteroatoms. The van der Waals surface area contributed by atoms with E-state index in [1.54, 1.807) is 0 Å². The van der Waals surface area contributed by atoms with Crippen molar-refractivity contribution in [2.45, 2.75) is 401 Å². The molecule has 95 heavy (non-hydrogen) atoms. The maximum Gasteiger partial charge on any atom is 0.472 e. The zero-order valence-electron chi connectivity index (χ0n) is 62.3. The Balaban J connectivity index is 5.15. The van der Waals surface area contributed by atoms with E-state index in [1.807, 2.05) is 0 Å². The summed E-state index contributed by atoms with van der Waals surface area (Å²) in [5, 5.41) is 10.6. The Kier molecular flexibility index (Phi) is 64.0. The van der Waals surface area contributed by atoms with E-state index in [0.717, 1.165) is 114 Å². The monoisotopic (exact) mass is 1400 g/mol. The van der Waals surface area contributed by atoms with E-state index in [1.165, 1.54) is 180 Å². The van der Waals surface area contributed by atoms with Gasteiger partial charge in [-0.1, -0.05) is 331 Å². The van der Waals surface area contributed by atoms with Gasteiger partial charge in [-0.05, 0) is 49.4 Å². The molecular formula is C76H148O17P2. The van der Waals surface area contributed by atoms with E-state index in [0.29, 0.717) is 31.6 Å². The predicted molar refractivity (Wildman–Crippen MR) is 386 cm³/mol. The first kappa shape index (κ1) is 93.1. The predicted octanol–water partition coefficient (Wildman–Crippen LogP) is 22.0. The van der Waals surface area contributed by atoms with Gasteiger partial charge in [-0.2, -0.15) is 0 Å². The molecule has 3 N–H and O–H groups in total. The maximum atomic E-state index is 13.1. The number of unbranched alkanes of at least 4 members (excludes halogenated alkanes) is 38. The molecule has 564 valence electrons. The van der Waals surface area contributed by atoms with Crippen molar-refractivity contribution in [3.63, 3.8) is 0 Å². The third-order valence-electron chi connectivity index (χ3n) is 17.9. The van der Waals surface area contributed by atoms with Crippen molar-refractivity contribution in [1.29, 1.82) is 0 Å². The lowest BCUT2D eigenvalue weighted by atomic mass is 9.99. The number of esters is 4. The molecule has 0 aliphatic heterocycles. The quantitative estimate of drug-likeness (QED) is 0.0222. The molecule has 0 amide bonds. The highest BCUT2D eigenvalue weighted by atomic mass is 31.2. The standard InChI is InChI=1S/C76H148O17P2/c1-9-69(8)55-47-39-30-23-18-16-14-12-10-11-13-15-17-19-24-32-42-50-58-75(80)93-72(63-87-74(79)57-49-41-35-34-38-46-54-68(6)7)65-91-95(84,85)89-61-70(77)60-88-94(82,83)90-64-71(62-86-73(78)56-48-40-31-27-26-29-37-45-53-67(4)5)92-76(81)59-51-43-33-25-21-20-22-28-36-44-52-66(2)3/h66-72,77H,9-65H2,1-8H3,(H,82,83)(H,84,85)/t69?,70-,71-,72-/m1/s1. The van der Waals surface area contributed by atoms with Crippen molar-refractivity contribution in [2.24, 2.45) is 23.7 Å². The minimum atomic E-state index is -4.96. The second kappa shape index (κ2) is 65.4. The number of carbonyl (C=O) groups is 4. The lowest BCUT2D eigenvalue weighted by Gasteiger charge is -2.21. The Morgan fingerprint density at radius 2 is 0.505 bits per heavy atom. The van der Waals surface area contributed by atoms with Gasteiger partial charge < -0.3 is 33.8 Å². The Hall–Kier alpha value is -1.94. The summed E-state index contributed by atoms with van der Waals surface area (Å²) in [4.78, 5) is 72.7. The van der Waals surface area contributed by atoms with Gasteiger partial charge in [0.25, 0.3) is 0 Å². The molecule has 0 rings (SSSR count). The van der Waals surface area contributed by atoms with Crippen LogP contribution in [0.5, 0.6) is 0 Å². The summed E-state index contributed by atoms with van der Waals surface area (Å²) in [7, 11) is -9.91. The first-order valence-corrected chi connectivity index (χ1v) is 42.2. The van der Waals surface area contributed by atoms with Crippen molar-refractivity contribution in [3.05, 3.63) is 0 Å². The van der Waals surface area contributed by atoms with E-state index in [2.05, 4.69) is 55.4 Å². The van der Waals surface area contributed by atoms with Crippen LogP contribution in [0.4, 0.5) is 0 Å². The number of phosphoric ester groups is 2. The van der Waals surface area contributed by atoms with Crippen LogP contribution in [0.1, 0.15) is 383 Å². The number of ether oxygens (including phenoxy) is 4. The fourth-order valence-corrected chi connectivity index (χ4v) is 13.1. The van der Waals surface area contributed by atoms with Crippen molar-refractivity contribution >= 4 is 39.5 Å². The van der Waals surface area contributed by atoms with E-state index < -0.39 is 97.5 Å². The highest BCUT2D eigenvalue weighted by molar-refractivity contribution is 7.47. The number of aliphatic hydroxyl groups excluding tert-OH is 1. The number of phosphoric acid groups is 2. The number of carbonyl (C=O) groups excluding carboxylic acids is 4. The lowest BCUT2D eigenvalue weighted by molar-refractivity contribution is -0.161. The number of rotatable bonds is 73. The van der Waals surface area contributed by atoms with Gasteiger partial charge >= 0.3 is 39.5 Å². The van der Waals surface area contributed by atoms with Gasteiger partial charge in [0.2, 0.25) is 0 Å². The van der Waals surface area contributed by atoms with E-state index in [9.17, 15) is 43.2 Å². The van der Waals surface area contributed by atoms with Crippen LogP contribution in [0.15, 0.2) is 0 Å². The lowest BCUT2D eigenvalue weighted by Crippen LogP contribution is -2.30. The zero-order valence-corrected chi connectivity index (χ0v) is 64.1. The smallest absolute Gasteiger partial charge is 0.462 e. The Labute approximate surface area is 581 Å². The number of hydrogen-bond acceptors (Lipinski definition) is 15. The number of aliphatic hydroxyl groups is 1. The SMILES string of the molecule is CCC(C)CCCCCCCCCCCCCCCCCCCCC(=O)O[C@H](COC(=O)CCCCCCCCC(C)C)COP(=O)(O)OC[C@H](O)COP(=O)(O)OC[C@@H](COC(=O)CCCCCCCCCCC(C)C)OC(=O)CCCCCCCCCCCCC(C)C. The van der Waals surface area contributed by atoms with Crippen LogP contribution in [-0.4, -0.2) is 96.7 Å². The molecule has 0 bridgehead atoms. The molecule has 0 aromatic heterocycles. The molecule has 0 heterocycles. The van der Waals surface area contributed by atoms with Crippen LogP contribution < -0.4 is 0 Å².